The summed E-state index contributed by atoms with van der Waals surface area (Å²) in [6, 6.07) is 0. The molecule has 0 aliphatic rings. The van der Waals surface area contributed by atoms with Gasteiger partial charge < -0.3 is 0 Å². The molecule has 0 N–H and O–H groups in total. The van der Waals surface area contributed by atoms with Gasteiger partial charge in [0.25, 0.3) is 0 Å². The molecule has 0 amide bonds. The first-order valence-electron chi connectivity index (χ1n) is 5.21. The average molecular weight is 319 g/mol. The highest BCUT2D eigenvalue weighted by Crippen LogP contribution is 2.21. The van der Waals surface area contributed by atoms with Gasteiger partial charge in [-0.15, -0.1) is 5.10 Å². The summed E-state index contributed by atoms with van der Waals surface area (Å²) in [5.41, 5.74) is 2.67. The maximum atomic E-state index is 6.18. The van der Waals surface area contributed by atoms with Crippen molar-refractivity contribution < 1.29 is 0 Å². The van der Waals surface area contributed by atoms with Gasteiger partial charge >= 0.3 is 0 Å². The molecule has 2 aromatic heterocycles. The third-order valence-corrected chi connectivity index (χ3v) is 3.50. The van der Waals surface area contributed by atoms with E-state index in [9.17, 15) is 0 Å². The summed E-state index contributed by atoms with van der Waals surface area (Å²) in [6.07, 6.45) is 1.90. The first kappa shape index (κ1) is 12.6. The molecule has 1 unspecified atom stereocenters. The largest absolute Gasteiger partial charge is 0.269 e. The van der Waals surface area contributed by atoms with Gasteiger partial charge in [0.2, 0.25) is 0 Å². The van der Waals surface area contributed by atoms with E-state index >= 15 is 0 Å². The molecular weight excluding hydrogens is 306 g/mol. The Bertz CT molecular complexity index is 531. The molecule has 5 nitrogen and oxygen atoms in total. The zero-order valence-corrected chi connectivity index (χ0v) is 12.2. The normalized spacial score (nSPS) is 13.0. The summed E-state index contributed by atoms with van der Waals surface area (Å²) in [6.45, 7) is 4.47. The minimum Gasteiger partial charge on any atom is -0.269 e. The molecule has 92 valence electrons. The summed E-state index contributed by atoms with van der Waals surface area (Å²) < 4.78 is 3.53. The Balaban J connectivity index is 2.25. The van der Waals surface area contributed by atoms with E-state index in [-0.39, 0.29) is 4.83 Å². The standard InChI is InChI=1S/C10H13BrClN5/c1-6(11)8-4-17(15-13-8)5-9-10(12)7(2)14-16(9)3/h4,6H,5H2,1-3H3. The van der Waals surface area contributed by atoms with Gasteiger partial charge in [0.15, 0.2) is 0 Å². The van der Waals surface area contributed by atoms with Crippen molar-refractivity contribution in [2.45, 2.75) is 25.2 Å². The molecule has 2 rings (SSSR count). The van der Waals surface area contributed by atoms with Crippen molar-refractivity contribution in [2.75, 3.05) is 0 Å². The fourth-order valence-electron chi connectivity index (χ4n) is 1.58. The van der Waals surface area contributed by atoms with Gasteiger partial charge in [-0.2, -0.15) is 5.10 Å². The van der Waals surface area contributed by atoms with Crippen molar-refractivity contribution in [3.8, 4) is 0 Å². The zero-order chi connectivity index (χ0) is 12.6. The van der Waals surface area contributed by atoms with Crippen LogP contribution in [0.1, 0.15) is 28.8 Å². The Morgan fingerprint density at radius 2 is 2.24 bits per heavy atom. The molecular formula is C10H13BrClN5. The Labute approximate surface area is 113 Å². The van der Waals surface area contributed by atoms with Crippen LogP contribution in [0, 0.1) is 6.92 Å². The Kier molecular flexibility index (Phi) is 3.53. The van der Waals surface area contributed by atoms with Crippen molar-refractivity contribution in [1.29, 1.82) is 0 Å². The number of halogens is 2. The van der Waals surface area contributed by atoms with Gasteiger partial charge in [-0.25, -0.2) is 4.68 Å². The summed E-state index contributed by atoms with van der Waals surface area (Å²) in [5.74, 6) is 0. The van der Waals surface area contributed by atoms with Crippen LogP contribution >= 0.6 is 27.5 Å². The molecule has 0 aliphatic carbocycles. The molecule has 2 heterocycles. The van der Waals surface area contributed by atoms with Crippen molar-refractivity contribution >= 4 is 27.5 Å². The highest BCUT2D eigenvalue weighted by atomic mass is 79.9. The molecule has 0 spiro atoms. The topological polar surface area (TPSA) is 48.5 Å². The predicted octanol–water partition coefficient (Wildman–Crippen LogP) is 2.48. The van der Waals surface area contributed by atoms with Gasteiger partial charge in [0, 0.05) is 7.05 Å². The predicted molar refractivity (Wildman–Crippen MR) is 69.4 cm³/mol. The monoisotopic (exact) mass is 317 g/mol. The van der Waals surface area contributed by atoms with Crippen LogP contribution in [-0.2, 0) is 13.6 Å². The summed E-state index contributed by atoms with van der Waals surface area (Å²) in [5, 5.41) is 13.1. The second kappa shape index (κ2) is 4.78. The number of aryl methyl sites for hydroxylation is 2. The lowest BCUT2D eigenvalue weighted by Gasteiger charge is -2.02. The molecule has 0 aromatic carbocycles. The number of hydrogen-bond acceptors (Lipinski definition) is 3. The molecule has 7 heteroatoms. The molecule has 0 aliphatic heterocycles. The summed E-state index contributed by atoms with van der Waals surface area (Å²) in [7, 11) is 1.87. The second-order valence-corrected chi connectivity index (χ2v) is 5.68. The van der Waals surface area contributed by atoms with Crippen LogP contribution in [0.25, 0.3) is 0 Å². The van der Waals surface area contributed by atoms with E-state index in [0.717, 1.165) is 17.1 Å². The molecule has 0 fully saturated rings. The minimum atomic E-state index is 0.194. The smallest absolute Gasteiger partial charge is 0.0960 e. The number of alkyl halides is 1. The van der Waals surface area contributed by atoms with Gasteiger partial charge in [0.05, 0.1) is 39.7 Å². The van der Waals surface area contributed by atoms with E-state index in [0.29, 0.717) is 11.6 Å². The van der Waals surface area contributed by atoms with Crippen LogP contribution in [0.4, 0.5) is 0 Å². The molecule has 0 saturated heterocycles. The van der Waals surface area contributed by atoms with Crippen LogP contribution in [0.15, 0.2) is 6.20 Å². The summed E-state index contributed by atoms with van der Waals surface area (Å²) in [4.78, 5) is 0.194. The van der Waals surface area contributed by atoms with Crippen LogP contribution < -0.4 is 0 Å². The second-order valence-electron chi connectivity index (χ2n) is 3.93. The van der Waals surface area contributed by atoms with E-state index in [2.05, 4.69) is 31.3 Å². The lowest BCUT2D eigenvalue weighted by atomic mass is 10.3. The van der Waals surface area contributed by atoms with E-state index in [1.54, 1.807) is 9.36 Å². The van der Waals surface area contributed by atoms with Crippen LogP contribution in [0.3, 0.4) is 0 Å². The van der Waals surface area contributed by atoms with E-state index in [4.69, 9.17) is 11.6 Å². The first-order chi connectivity index (χ1) is 7.99. The van der Waals surface area contributed by atoms with Crippen molar-refractivity contribution in [1.82, 2.24) is 24.8 Å². The molecule has 2 aromatic rings. The van der Waals surface area contributed by atoms with E-state index < -0.39 is 0 Å². The molecule has 1 atom stereocenters. The molecule has 0 bridgehead atoms. The van der Waals surface area contributed by atoms with Crippen LogP contribution in [-0.4, -0.2) is 24.8 Å². The van der Waals surface area contributed by atoms with E-state index in [1.165, 1.54) is 0 Å². The maximum absolute atomic E-state index is 6.18. The lowest BCUT2D eigenvalue weighted by Crippen LogP contribution is -2.06. The van der Waals surface area contributed by atoms with Gasteiger partial charge in [-0.3, -0.25) is 4.68 Å². The quantitative estimate of drug-likeness (QED) is 0.817. The molecule has 0 radical (unpaired) electrons. The summed E-state index contributed by atoms with van der Waals surface area (Å²) >= 11 is 9.63. The number of aromatic nitrogens is 5. The molecule has 0 saturated carbocycles. The number of rotatable bonds is 3. The minimum absolute atomic E-state index is 0.194. The Morgan fingerprint density at radius 3 is 2.71 bits per heavy atom. The third-order valence-electron chi connectivity index (χ3n) is 2.54. The van der Waals surface area contributed by atoms with Gasteiger partial charge in [0.1, 0.15) is 0 Å². The van der Waals surface area contributed by atoms with Crippen LogP contribution in [0.5, 0.6) is 0 Å². The SMILES string of the molecule is Cc1nn(C)c(Cn2cc(C(C)Br)nn2)c1Cl. The molecule has 17 heavy (non-hydrogen) atoms. The lowest BCUT2D eigenvalue weighted by molar-refractivity contribution is 0.599. The number of hydrogen-bond donors (Lipinski definition) is 0. The van der Waals surface area contributed by atoms with Crippen LogP contribution in [0.2, 0.25) is 5.02 Å². The Morgan fingerprint density at radius 1 is 1.53 bits per heavy atom. The third kappa shape index (κ3) is 2.52. The Hall–Kier alpha value is -0.880. The zero-order valence-electron chi connectivity index (χ0n) is 9.85. The van der Waals surface area contributed by atoms with Crippen molar-refractivity contribution in [2.24, 2.45) is 7.05 Å². The highest BCUT2D eigenvalue weighted by Gasteiger charge is 2.13. The highest BCUT2D eigenvalue weighted by molar-refractivity contribution is 9.09. The van der Waals surface area contributed by atoms with Gasteiger partial charge in [-0.1, -0.05) is 32.7 Å². The van der Waals surface area contributed by atoms with Crippen molar-refractivity contribution in [3.63, 3.8) is 0 Å². The fourth-order valence-corrected chi connectivity index (χ4v) is 2.01. The maximum Gasteiger partial charge on any atom is 0.0960 e. The fraction of sp³-hybridized carbons (Fsp3) is 0.500. The average Bonchev–Trinajstić information content (AvgIpc) is 2.80. The van der Waals surface area contributed by atoms with Gasteiger partial charge in [-0.05, 0) is 13.8 Å². The van der Waals surface area contributed by atoms with Crippen molar-refractivity contribution in [3.05, 3.63) is 28.3 Å². The van der Waals surface area contributed by atoms with E-state index in [1.807, 2.05) is 27.1 Å². The number of nitrogens with zero attached hydrogens (tertiary/aromatic N) is 5. The first-order valence-corrected chi connectivity index (χ1v) is 6.50.